The van der Waals surface area contributed by atoms with Crippen LogP contribution in [0.5, 0.6) is 0 Å². The molecule has 0 spiro atoms. The van der Waals surface area contributed by atoms with Crippen molar-refractivity contribution in [1.82, 2.24) is 4.72 Å². The number of nitrogens with one attached hydrogen (secondary N) is 1. The van der Waals surface area contributed by atoms with Crippen molar-refractivity contribution >= 4 is 21.8 Å². The van der Waals surface area contributed by atoms with Crippen molar-refractivity contribution in [2.45, 2.75) is 29.7 Å². The van der Waals surface area contributed by atoms with Gasteiger partial charge in [-0.25, -0.2) is 13.1 Å². The number of benzene rings is 1. The molecule has 0 bridgehead atoms. The number of rotatable bonds is 6. The molecule has 1 aromatic carbocycles. The summed E-state index contributed by atoms with van der Waals surface area (Å²) in [4.78, 5) is 0.932. The molecule has 0 aliphatic carbocycles. The maximum atomic E-state index is 12.0. The Labute approximate surface area is 106 Å². The fraction of sp³-hybridized carbons (Fsp3) is 0.455. The van der Waals surface area contributed by atoms with Gasteiger partial charge in [0, 0.05) is 16.7 Å². The van der Waals surface area contributed by atoms with Gasteiger partial charge in [-0.2, -0.15) is 0 Å². The zero-order valence-corrected chi connectivity index (χ0v) is 11.5. The quantitative estimate of drug-likeness (QED) is 0.771. The Morgan fingerprint density at radius 1 is 1.35 bits per heavy atom. The number of hydrogen-bond acceptors (Lipinski definition) is 4. The van der Waals surface area contributed by atoms with Crippen LogP contribution in [0.1, 0.15) is 13.8 Å². The lowest BCUT2D eigenvalue weighted by molar-refractivity contribution is 0.322. The maximum Gasteiger partial charge on any atom is 0.241 e. The maximum absolute atomic E-state index is 12.0. The second kappa shape index (κ2) is 6.39. The van der Waals surface area contributed by atoms with E-state index in [4.69, 9.17) is 5.11 Å². The Morgan fingerprint density at radius 3 is 2.59 bits per heavy atom. The molecule has 0 aromatic heterocycles. The molecular weight excluding hydrogens is 258 g/mol. The third kappa shape index (κ3) is 4.31. The molecule has 1 aromatic rings. The molecule has 0 heterocycles. The predicted molar refractivity (Wildman–Crippen MR) is 69.7 cm³/mol. The van der Waals surface area contributed by atoms with Crippen LogP contribution < -0.4 is 4.72 Å². The number of hydrogen-bond donors (Lipinski definition) is 2. The van der Waals surface area contributed by atoms with E-state index in [0.717, 1.165) is 0 Å². The lowest BCUT2D eigenvalue weighted by Gasteiger charge is -2.12. The monoisotopic (exact) mass is 275 g/mol. The van der Waals surface area contributed by atoms with Crippen LogP contribution in [0, 0.1) is 0 Å². The van der Waals surface area contributed by atoms with Gasteiger partial charge in [0.05, 0.1) is 11.5 Å². The van der Waals surface area contributed by atoms with Gasteiger partial charge in [0.15, 0.2) is 0 Å². The van der Waals surface area contributed by atoms with Gasteiger partial charge in [-0.3, -0.25) is 0 Å². The first-order valence-electron chi connectivity index (χ1n) is 5.32. The molecule has 17 heavy (non-hydrogen) atoms. The molecule has 0 aliphatic rings. The standard InChI is InChI=1S/C11H17NO3S2/c1-9(2)12-17(14,15)11-6-4-3-5-10(11)16-8-7-13/h3-6,9,12-13H,7-8H2,1-2H3. The number of sulfonamides is 1. The first kappa shape index (κ1) is 14.5. The Hall–Kier alpha value is -0.560. The van der Waals surface area contributed by atoms with Crippen molar-refractivity contribution in [3.8, 4) is 0 Å². The Kier molecular flexibility index (Phi) is 5.45. The number of aliphatic hydroxyl groups excluding tert-OH is 1. The molecule has 0 aliphatic heterocycles. The van der Waals surface area contributed by atoms with Crippen molar-refractivity contribution in [1.29, 1.82) is 0 Å². The second-order valence-corrected chi connectivity index (χ2v) is 6.61. The molecule has 2 N–H and O–H groups in total. The second-order valence-electron chi connectivity index (χ2n) is 3.79. The van der Waals surface area contributed by atoms with E-state index in [2.05, 4.69) is 4.72 Å². The molecule has 0 atom stereocenters. The summed E-state index contributed by atoms with van der Waals surface area (Å²) < 4.78 is 26.6. The summed E-state index contributed by atoms with van der Waals surface area (Å²) in [6.07, 6.45) is 0. The molecule has 96 valence electrons. The Morgan fingerprint density at radius 2 is 2.00 bits per heavy atom. The van der Waals surface area contributed by atoms with Gasteiger partial charge in [-0.15, -0.1) is 11.8 Å². The summed E-state index contributed by atoms with van der Waals surface area (Å²) in [5, 5.41) is 8.78. The molecule has 0 saturated heterocycles. The van der Waals surface area contributed by atoms with Crippen molar-refractivity contribution in [3.63, 3.8) is 0 Å². The lowest BCUT2D eigenvalue weighted by atomic mass is 10.4. The van der Waals surface area contributed by atoms with Crippen LogP contribution in [-0.4, -0.2) is 31.9 Å². The smallest absolute Gasteiger partial charge is 0.241 e. The highest BCUT2D eigenvalue weighted by molar-refractivity contribution is 8.00. The summed E-state index contributed by atoms with van der Waals surface area (Å²) in [6.45, 7) is 3.58. The van der Waals surface area contributed by atoms with Crippen LogP contribution >= 0.6 is 11.8 Å². The van der Waals surface area contributed by atoms with Gasteiger partial charge in [-0.1, -0.05) is 12.1 Å². The van der Waals surface area contributed by atoms with Crippen molar-refractivity contribution in [3.05, 3.63) is 24.3 Å². The summed E-state index contributed by atoms with van der Waals surface area (Å²) >= 11 is 1.33. The highest BCUT2D eigenvalue weighted by Crippen LogP contribution is 2.26. The zero-order valence-electron chi connectivity index (χ0n) is 9.88. The van der Waals surface area contributed by atoms with E-state index in [1.807, 2.05) is 0 Å². The fourth-order valence-corrected chi connectivity index (χ4v) is 3.86. The van der Waals surface area contributed by atoms with Crippen LogP contribution in [-0.2, 0) is 10.0 Å². The summed E-state index contributed by atoms with van der Waals surface area (Å²) in [5.74, 6) is 0.480. The first-order valence-corrected chi connectivity index (χ1v) is 7.79. The topological polar surface area (TPSA) is 66.4 Å². The minimum atomic E-state index is -3.47. The number of aliphatic hydroxyl groups is 1. The summed E-state index contributed by atoms with van der Waals surface area (Å²) in [5.41, 5.74) is 0. The molecule has 0 amide bonds. The third-order valence-corrected chi connectivity index (χ3v) is 4.78. The van der Waals surface area contributed by atoms with E-state index < -0.39 is 10.0 Å². The fourth-order valence-electron chi connectivity index (χ4n) is 1.32. The summed E-state index contributed by atoms with van der Waals surface area (Å²) in [6, 6.07) is 6.65. The van der Waals surface area contributed by atoms with Crippen molar-refractivity contribution in [2.75, 3.05) is 12.4 Å². The molecule has 0 unspecified atom stereocenters. The molecule has 0 radical (unpaired) electrons. The van der Waals surface area contributed by atoms with Gasteiger partial charge in [0.2, 0.25) is 10.0 Å². The minimum absolute atomic E-state index is 0.0245. The SMILES string of the molecule is CC(C)NS(=O)(=O)c1ccccc1SCCO. The van der Waals surface area contributed by atoms with Crippen LogP contribution in [0.4, 0.5) is 0 Å². The van der Waals surface area contributed by atoms with E-state index in [0.29, 0.717) is 10.6 Å². The highest BCUT2D eigenvalue weighted by atomic mass is 32.2. The first-order chi connectivity index (χ1) is 7.97. The number of thioether (sulfide) groups is 1. The van der Waals surface area contributed by atoms with E-state index in [9.17, 15) is 8.42 Å². The largest absolute Gasteiger partial charge is 0.396 e. The van der Waals surface area contributed by atoms with Crippen LogP contribution in [0.3, 0.4) is 0 Å². The van der Waals surface area contributed by atoms with Crippen LogP contribution in [0.25, 0.3) is 0 Å². The summed E-state index contributed by atoms with van der Waals surface area (Å²) in [7, 11) is -3.47. The van der Waals surface area contributed by atoms with Gasteiger partial charge >= 0.3 is 0 Å². The predicted octanol–water partition coefficient (Wildman–Crippen LogP) is 1.46. The van der Waals surface area contributed by atoms with Gasteiger partial charge in [-0.05, 0) is 26.0 Å². The van der Waals surface area contributed by atoms with E-state index in [1.165, 1.54) is 11.8 Å². The molecule has 0 saturated carbocycles. The zero-order chi connectivity index (χ0) is 12.9. The van der Waals surface area contributed by atoms with Gasteiger partial charge in [0.25, 0.3) is 0 Å². The molecular formula is C11H17NO3S2. The molecule has 4 nitrogen and oxygen atoms in total. The lowest BCUT2D eigenvalue weighted by Crippen LogP contribution is -2.30. The Bertz CT molecular complexity index is 458. The van der Waals surface area contributed by atoms with E-state index in [-0.39, 0.29) is 17.5 Å². The third-order valence-electron chi connectivity index (χ3n) is 1.88. The van der Waals surface area contributed by atoms with Crippen molar-refractivity contribution < 1.29 is 13.5 Å². The highest BCUT2D eigenvalue weighted by Gasteiger charge is 2.18. The van der Waals surface area contributed by atoms with Crippen LogP contribution in [0.15, 0.2) is 34.1 Å². The average Bonchev–Trinajstić information content (AvgIpc) is 2.25. The average molecular weight is 275 g/mol. The minimum Gasteiger partial charge on any atom is -0.396 e. The normalized spacial score (nSPS) is 12.0. The van der Waals surface area contributed by atoms with Crippen LogP contribution in [0.2, 0.25) is 0 Å². The van der Waals surface area contributed by atoms with Gasteiger partial charge in [0.1, 0.15) is 0 Å². The molecule has 0 fully saturated rings. The van der Waals surface area contributed by atoms with E-state index in [1.54, 1.807) is 38.1 Å². The molecule has 6 heteroatoms. The van der Waals surface area contributed by atoms with E-state index >= 15 is 0 Å². The van der Waals surface area contributed by atoms with Crippen molar-refractivity contribution in [2.24, 2.45) is 0 Å². The Balaban J connectivity index is 3.04. The molecule has 1 rings (SSSR count). The van der Waals surface area contributed by atoms with Gasteiger partial charge < -0.3 is 5.11 Å².